The molecule has 30 heavy (non-hydrogen) atoms. The summed E-state index contributed by atoms with van der Waals surface area (Å²) in [6.07, 6.45) is 2.10. The number of thioether (sulfide) groups is 1. The summed E-state index contributed by atoms with van der Waals surface area (Å²) in [6, 6.07) is -4.49. The zero-order chi connectivity index (χ0) is 23.4. The van der Waals surface area contributed by atoms with Crippen LogP contribution >= 0.6 is 11.8 Å². The van der Waals surface area contributed by atoms with Crippen molar-refractivity contribution in [3.8, 4) is 0 Å². The highest BCUT2D eigenvalue weighted by Gasteiger charge is 2.31. The molecule has 0 bridgehead atoms. The monoisotopic (exact) mass is 448 g/mol. The zero-order valence-corrected chi connectivity index (χ0v) is 18.5. The molecule has 0 saturated heterocycles. The Labute approximate surface area is 179 Å². The minimum Gasteiger partial charge on any atom is -0.481 e. The minimum atomic E-state index is -1.63. The molecule has 0 aliphatic carbocycles. The van der Waals surface area contributed by atoms with Crippen LogP contribution in [0, 0.1) is 5.92 Å². The highest BCUT2D eigenvalue weighted by molar-refractivity contribution is 7.98. The number of carbonyl (C=O) groups is 5. The van der Waals surface area contributed by atoms with Crippen molar-refractivity contribution in [1.82, 2.24) is 16.0 Å². The molecule has 0 aromatic heterocycles. The highest BCUT2D eigenvalue weighted by atomic mass is 32.2. The largest absolute Gasteiger partial charge is 0.481 e. The van der Waals surface area contributed by atoms with Gasteiger partial charge in [-0.2, -0.15) is 11.8 Å². The van der Waals surface area contributed by atoms with E-state index < -0.39 is 60.2 Å². The van der Waals surface area contributed by atoms with Crippen molar-refractivity contribution in [1.29, 1.82) is 0 Å². The predicted molar refractivity (Wildman–Crippen MR) is 112 cm³/mol. The summed E-state index contributed by atoms with van der Waals surface area (Å²) in [5, 5.41) is 24.9. The number of aliphatic carboxylic acids is 2. The van der Waals surface area contributed by atoms with E-state index in [4.69, 9.17) is 15.9 Å². The van der Waals surface area contributed by atoms with Crippen molar-refractivity contribution in [2.45, 2.75) is 64.2 Å². The van der Waals surface area contributed by atoms with E-state index >= 15 is 0 Å². The molecule has 3 amide bonds. The molecule has 0 spiro atoms. The lowest BCUT2D eigenvalue weighted by Gasteiger charge is -2.26. The van der Waals surface area contributed by atoms with Gasteiger partial charge in [-0.3, -0.25) is 19.2 Å². The summed E-state index contributed by atoms with van der Waals surface area (Å²) >= 11 is 1.54. The van der Waals surface area contributed by atoms with Crippen LogP contribution in [0.4, 0.5) is 0 Å². The first-order chi connectivity index (χ1) is 13.9. The van der Waals surface area contributed by atoms with E-state index in [2.05, 4.69) is 16.0 Å². The Kier molecular flexibility index (Phi) is 12.7. The Morgan fingerprint density at radius 2 is 1.57 bits per heavy atom. The second-order valence-electron chi connectivity index (χ2n) is 6.99. The van der Waals surface area contributed by atoms with E-state index in [9.17, 15) is 24.0 Å². The molecule has 5 unspecified atom stereocenters. The molecule has 172 valence electrons. The second-order valence-corrected chi connectivity index (χ2v) is 7.97. The molecule has 0 aliphatic rings. The Hall–Kier alpha value is -2.34. The zero-order valence-electron chi connectivity index (χ0n) is 17.6. The fourth-order valence-corrected chi connectivity index (χ4v) is 2.87. The quantitative estimate of drug-likeness (QED) is 0.197. The minimum absolute atomic E-state index is 0.254. The third kappa shape index (κ3) is 9.92. The van der Waals surface area contributed by atoms with E-state index in [1.54, 1.807) is 18.7 Å². The number of carboxylic acids is 2. The van der Waals surface area contributed by atoms with Crippen molar-refractivity contribution in [3.05, 3.63) is 0 Å². The fraction of sp³-hybridized carbons (Fsp3) is 0.722. The van der Waals surface area contributed by atoms with E-state index in [0.29, 0.717) is 18.6 Å². The topological polar surface area (TPSA) is 188 Å². The number of hydrogen-bond acceptors (Lipinski definition) is 7. The molecule has 0 fully saturated rings. The van der Waals surface area contributed by atoms with E-state index in [1.165, 1.54) is 6.92 Å². The van der Waals surface area contributed by atoms with Gasteiger partial charge in [0.15, 0.2) is 0 Å². The summed E-state index contributed by atoms with van der Waals surface area (Å²) < 4.78 is 0. The van der Waals surface area contributed by atoms with E-state index in [1.807, 2.05) is 13.2 Å². The van der Waals surface area contributed by atoms with Crippen LogP contribution < -0.4 is 21.7 Å². The summed E-state index contributed by atoms with van der Waals surface area (Å²) in [5.41, 5.74) is 5.84. The van der Waals surface area contributed by atoms with Crippen LogP contribution in [0.5, 0.6) is 0 Å². The van der Waals surface area contributed by atoms with Gasteiger partial charge in [0.25, 0.3) is 0 Å². The highest BCUT2D eigenvalue weighted by Crippen LogP contribution is 2.09. The van der Waals surface area contributed by atoms with Gasteiger partial charge in [0.2, 0.25) is 17.7 Å². The second kappa shape index (κ2) is 13.8. The van der Waals surface area contributed by atoms with E-state index in [-0.39, 0.29) is 5.92 Å². The number of carbonyl (C=O) groups excluding carboxylic acids is 3. The van der Waals surface area contributed by atoms with Crippen LogP contribution in [0.15, 0.2) is 0 Å². The first-order valence-electron chi connectivity index (χ1n) is 9.54. The van der Waals surface area contributed by atoms with Crippen LogP contribution in [0.25, 0.3) is 0 Å². The van der Waals surface area contributed by atoms with Crippen LogP contribution in [-0.4, -0.2) is 76.0 Å². The maximum atomic E-state index is 12.7. The molecule has 0 aliphatic heterocycles. The van der Waals surface area contributed by atoms with Gasteiger partial charge >= 0.3 is 11.9 Å². The van der Waals surface area contributed by atoms with Crippen molar-refractivity contribution in [2.24, 2.45) is 11.7 Å². The first-order valence-corrected chi connectivity index (χ1v) is 10.9. The Morgan fingerprint density at radius 3 is 2.03 bits per heavy atom. The lowest BCUT2D eigenvalue weighted by Crippen LogP contribution is -2.58. The standard InChI is InChI=1S/C18H32N4O7S/c1-5-9(2)14(22-16(26)11(19)6-7-30-4)17(27)20-10(3)15(25)21-12(18(28)29)8-13(23)24/h9-12,14H,5-8,19H2,1-4H3,(H,20,27)(H,21,25)(H,22,26)(H,23,24)(H,28,29). The van der Waals surface area contributed by atoms with Crippen LogP contribution in [0.3, 0.4) is 0 Å². The number of carboxylic acid groups (broad SMARTS) is 2. The maximum absolute atomic E-state index is 12.7. The number of amides is 3. The molecule has 5 atom stereocenters. The lowest BCUT2D eigenvalue weighted by atomic mass is 9.97. The molecular formula is C18H32N4O7S. The third-order valence-corrected chi connectivity index (χ3v) is 5.15. The smallest absolute Gasteiger partial charge is 0.326 e. The van der Waals surface area contributed by atoms with Crippen molar-refractivity contribution < 1.29 is 34.2 Å². The number of nitrogens with one attached hydrogen (secondary N) is 3. The van der Waals surface area contributed by atoms with Crippen LogP contribution in [0.1, 0.15) is 40.0 Å². The first kappa shape index (κ1) is 27.7. The summed E-state index contributed by atoms with van der Waals surface area (Å²) in [7, 11) is 0. The summed E-state index contributed by atoms with van der Waals surface area (Å²) in [5.74, 6) is -4.42. The Bertz CT molecular complexity index is 632. The van der Waals surface area contributed by atoms with Gasteiger partial charge in [-0.05, 0) is 31.3 Å². The average Bonchev–Trinajstić information content (AvgIpc) is 2.67. The van der Waals surface area contributed by atoms with Gasteiger partial charge in [-0.1, -0.05) is 20.3 Å². The third-order valence-electron chi connectivity index (χ3n) is 4.51. The van der Waals surface area contributed by atoms with Crippen LogP contribution in [0.2, 0.25) is 0 Å². The molecule has 0 rings (SSSR count). The van der Waals surface area contributed by atoms with Crippen molar-refractivity contribution in [3.63, 3.8) is 0 Å². The molecule has 7 N–H and O–H groups in total. The van der Waals surface area contributed by atoms with Gasteiger partial charge in [-0.25, -0.2) is 4.79 Å². The average molecular weight is 449 g/mol. The van der Waals surface area contributed by atoms with Gasteiger partial charge in [0.05, 0.1) is 12.5 Å². The van der Waals surface area contributed by atoms with Gasteiger partial charge in [0, 0.05) is 0 Å². The molecule has 0 saturated carbocycles. The lowest BCUT2D eigenvalue weighted by molar-refractivity contribution is -0.147. The molecule has 0 radical (unpaired) electrons. The van der Waals surface area contributed by atoms with Gasteiger partial charge < -0.3 is 31.9 Å². The van der Waals surface area contributed by atoms with Crippen LogP contribution in [-0.2, 0) is 24.0 Å². The van der Waals surface area contributed by atoms with Crippen molar-refractivity contribution in [2.75, 3.05) is 12.0 Å². The molecule has 11 nitrogen and oxygen atoms in total. The molecule has 0 aromatic rings. The van der Waals surface area contributed by atoms with Gasteiger partial charge in [0.1, 0.15) is 18.1 Å². The maximum Gasteiger partial charge on any atom is 0.326 e. The summed E-state index contributed by atoms with van der Waals surface area (Å²) in [4.78, 5) is 59.0. The number of rotatable bonds is 14. The molecule has 0 heterocycles. The normalized spacial score (nSPS) is 15.8. The predicted octanol–water partition coefficient (Wildman–Crippen LogP) is -0.853. The number of hydrogen-bond donors (Lipinski definition) is 6. The Balaban J connectivity index is 5.08. The Morgan fingerprint density at radius 1 is 0.967 bits per heavy atom. The van der Waals surface area contributed by atoms with E-state index in [0.717, 1.165) is 0 Å². The SMILES string of the molecule is CCC(C)C(NC(=O)C(N)CCSC)C(=O)NC(C)C(=O)NC(CC(=O)O)C(=O)O. The summed E-state index contributed by atoms with van der Waals surface area (Å²) in [6.45, 7) is 4.92. The molecule has 12 heteroatoms. The molecule has 0 aromatic carbocycles. The molecular weight excluding hydrogens is 416 g/mol. The number of nitrogens with two attached hydrogens (primary N) is 1. The van der Waals surface area contributed by atoms with Crippen molar-refractivity contribution >= 4 is 41.4 Å². The fourth-order valence-electron chi connectivity index (χ4n) is 2.38. The van der Waals surface area contributed by atoms with Gasteiger partial charge in [-0.15, -0.1) is 0 Å².